The number of nitrogens with zero attached hydrogens (tertiary/aromatic N) is 3. The number of ether oxygens (including phenoxy) is 1. The number of methoxy groups -OCH3 is 1. The first kappa shape index (κ1) is 21.0. The Kier molecular flexibility index (Phi) is 6.64. The summed E-state index contributed by atoms with van der Waals surface area (Å²) < 4.78 is 5.07. The number of rotatable bonds is 7. The number of hydrogen-bond acceptors (Lipinski definition) is 5. The summed E-state index contributed by atoms with van der Waals surface area (Å²) in [5.74, 6) is 0.212. The molecule has 2 amide bonds. The molecule has 2 aromatic rings. The molecular formula is C21H29N5O3. The second kappa shape index (κ2) is 9.17. The van der Waals surface area contributed by atoms with Crippen LogP contribution in [0, 0.1) is 5.92 Å². The van der Waals surface area contributed by atoms with Crippen molar-refractivity contribution in [2.45, 2.75) is 45.2 Å². The van der Waals surface area contributed by atoms with Crippen molar-refractivity contribution in [1.82, 2.24) is 25.2 Å². The van der Waals surface area contributed by atoms with E-state index in [2.05, 4.69) is 28.8 Å². The molecule has 156 valence electrons. The normalized spacial score (nSPS) is 20.4. The molecule has 29 heavy (non-hydrogen) atoms. The molecule has 3 heterocycles. The number of fused-ring (bicyclic) bond motifs is 1. The highest BCUT2D eigenvalue weighted by molar-refractivity contribution is 6.04. The summed E-state index contributed by atoms with van der Waals surface area (Å²) in [5, 5.41) is 2.91. The van der Waals surface area contributed by atoms with Gasteiger partial charge in [0.05, 0.1) is 24.1 Å². The standard InChI is InChI=1S/C21H29N5O3/c1-5-18(27)26-7-6-15(8-14(26)3)9-16-10-22-20-19(25-16)17(11-23-20)21(28)24-13(2)12-29-4/h5,10-11,13-15H,1,6-9,12H2,2-4H3,(H,22,23)(H,24,28)/t13-,14+,15+/m1/s1. The number of likely N-dealkylation sites (tertiary alicyclic amines) is 1. The fourth-order valence-electron chi connectivity index (χ4n) is 3.99. The monoisotopic (exact) mass is 399 g/mol. The fraction of sp³-hybridized carbons (Fsp3) is 0.524. The Balaban J connectivity index is 1.71. The molecule has 8 heteroatoms. The molecule has 0 spiro atoms. The van der Waals surface area contributed by atoms with E-state index in [-0.39, 0.29) is 23.9 Å². The zero-order valence-corrected chi connectivity index (χ0v) is 17.3. The van der Waals surface area contributed by atoms with Crippen molar-refractivity contribution in [3.8, 4) is 0 Å². The second-order valence-corrected chi connectivity index (χ2v) is 7.77. The first-order valence-electron chi connectivity index (χ1n) is 9.98. The third kappa shape index (κ3) is 4.82. The van der Waals surface area contributed by atoms with Crippen LogP contribution in [0.1, 0.15) is 42.7 Å². The maximum absolute atomic E-state index is 12.6. The molecule has 0 aliphatic carbocycles. The molecule has 0 unspecified atom stereocenters. The number of aromatic amines is 1. The third-order valence-electron chi connectivity index (χ3n) is 5.41. The predicted octanol–water partition coefficient (Wildman–Crippen LogP) is 2.08. The minimum absolute atomic E-state index is 0.0113. The summed E-state index contributed by atoms with van der Waals surface area (Å²) in [6.07, 6.45) is 7.38. The van der Waals surface area contributed by atoms with Crippen LogP contribution in [0.2, 0.25) is 0 Å². The Morgan fingerprint density at radius 3 is 3.00 bits per heavy atom. The quantitative estimate of drug-likeness (QED) is 0.695. The van der Waals surface area contributed by atoms with Crippen molar-refractivity contribution in [2.75, 3.05) is 20.3 Å². The Morgan fingerprint density at radius 1 is 1.52 bits per heavy atom. The van der Waals surface area contributed by atoms with Gasteiger partial charge in [-0.2, -0.15) is 0 Å². The van der Waals surface area contributed by atoms with Crippen LogP contribution in [0.4, 0.5) is 0 Å². The smallest absolute Gasteiger partial charge is 0.255 e. The van der Waals surface area contributed by atoms with Gasteiger partial charge in [0.25, 0.3) is 5.91 Å². The van der Waals surface area contributed by atoms with Gasteiger partial charge in [-0.3, -0.25) is 9.59 Å². The average molecular weight is 399 g/mol. The number of H-pyrrole nitrogens is 1. The first-order valence-corrected chi connectivity index (χ1v) is 9.98. The highest BCUT2D eigenvalue weighted by Crippen LogP contribution is 2.26. The van der Waals surface area contributed by atoms with Crippen LogP contribution in [-0.2, 0) is 16.0 Å². The summed E-state index contributed by atoms with van der Waals surface area (Å²) in [6.45, 7) is 8.70. The van der Waals surface area contributed by atoms with E-state index in [9.17, 15) is 9.59 Å². The Hall–Kier alpha value is -2.74. The minimum Gasteiger partial charge on any atom is -0.383 e. The summed E-state index contributed by atoms with van der Waals surface area (Å²) in [4.78, 5) is 38.5. The van der Waals surface area contributed by atoms with Gasteiger partial charge in [0, 0.05) is 31.9 Å². The number of aromatic nitrogens is 3. The summed E-state index contributed by atoms with van der Waals surface area (Å²) >= 11 is 0. The maximum Gasteiger partial charge on any atom is 0.255 e. The SMILES string of the molecule is C=CC(=O)N1CC[C@H](Cc2cnc3[nH]cc(C(=O)N[C@H](C)COC)c3n2)C[C@@H]1C. The van der Waals surface area contributed by atoms with Crippen LogP contribution >= 0.6 is 0 Å². The van der Waals surface area contributed by atoms with Gasteiger partial charge in [0.1, 0.15) is 5.52 Å². The molecule has 8 nitrogen and oxygen atoms in total. The van der Waals surface area contributed by atoms with Gasteiger partial charge in [-0.1, -0.05) is 6.58 Å². The van der Waals surface area contributed by atoms with Gasteiger partial charge in [-0.25, -0.2) is 9.97 Å². The number of hydrogen-bond donors (Lipinski definition) is 2. The van der Waals surface area contributed by atoms with Crippen molar-refractivity contribution in [2.24, 2.45) is 5.92 Å². The molecule has 0 radical (unpaired) electrons. The molecule has 3 atom stereocenters. The molecule has 1 aliphatic rings. The van der Waals surface area contributed by atoms with Crippen molar-refractivity contribution in [1.29, 1.82) is 0 Å². The van der Waals surface area contributed by atoms with E-state index in [4.69, 9.17) is 9.72 Å². The number of amides is 2. The van der Waals surface area contributed by atoms with Crippen molar-refractivity contribution < 1.29 is 14.3 Å². The van der Waals surface area contributed by atoms with E-state index in [1.807, 2.05) is 11.8 Å². The summed E-state index contributed by atoms with van der Waals surface area (Å²) in [5.41, 5.74) is 2.52. The van der Waals surface area contributed by atoms with Crippen LogP contribution < -0.4 is 5.32 Å². The zero-order chi connectivity index (χ0) is 21.0. The highest BCUT2D eigenvalue weighted by atomic mass is 16.5. The first-order chi connectivity index (χ1) is 13.9. The molecule has 3 rings (SSSR count). The van der Waals surface area contributed by atoms with Crippen molar-refractivity contribution >= 4 is 23.0 Å². The lowest BCUT2D eigenvalue weighted by atomic mass is 9.88. The van der Waals surface area contributed by atoms with Crippen LogP contribution in [0.5, 0.6) is 0 Å². The largest absolute Gasteiger partial charge is 0.383 e. The van der Waals surface area contributed by atoms with Crippen LogP contribution in [0.25, 0.3) is 11.2 Å². The lowest BCUT2D eigenvalue weighted by molar-refractivity contribution is -0.129. The van der Waals surface area contributed by atoms with Crippen LogP contribution in [0.15, 0.2) is 25.0 Å². The van der Waals surface area contributed by atoms with E-state index in [1.165, 1.54) is 6.08 Å². The maximum atomic E-state index is 12.6. The fourth-order valence-corrected chi connectivity index (χ4v) is 3.99. The Labute approximate surface area is 170 Å². The molecule has 1 aliphatic heterocycles. The Morgan fingerprint density at radius 2 is 2.31 bits per heavy atom. The number of carbonyl (C=O) groups is 2. The van der Waals surface area contributed by atoms with E-state index >= 15 is 0 Å². The van der Waals surface area contributed by atoms with E-state index in [0.717, 1.165) is 31.5 Å². The lowest BCUT2D eigenvalue weighted by Gasteiger charge is -2.37. The molecule has 2 aromatic heterocycles. The van der Waals surface area contributed by atoms with Gasteiger partial charge in [-0.15, -0.1) is 0 Å². The van der Waals surface area contributed by atoms with Gasteiger partial charge in [-0.05, 0) is 45.1 Å². The number of piperidine rings is 1. The van der Waals surface area contributed by atoms with E-state index in [0.29, 0.717) is 29.3 Å². The molecule has 0 aromatic carbocycles. The van der Waals surface area contributed by atoms with E-state index < -0.39 is 0 Å². The van der Waals surface area contributed by atoms with Crippen LogP contribution in [0.3, 0.4) is 0 Å². The van der Waals surface area contributed by atoms with Crippen molar-refractivity contribution in [3.63, 3.8) is 0 Å². The van der Waals surface area contributed by atoms with Gasteiger partial charge >= 0.3 is 0 Å². The summed E-state index contributed by atoms with van der Waals surface area (Å²) in [6, 6.07) is 0.0744. The van der Waals surface area contributed by atoms with Crippen molar-refractivity contribution in [3.05, 3.63) is 36.3 Å². The number of carbonyl (C=O) groups excluding carboxylic acids is 2. The molecule has 1 saturated heterocycles. The minimum atomic E-state index is -0.197. The third-order valence-corrected chi connectivity index (χ3v) is 5.41. The second-order valence-electron chi connectivity index (χ2n) is 7.77. The molecule has 1 fully saturated rings. The van der Waals surface area contributed by atoms with Gasteiger partial charge in [0.2, 0.25) is 5.91 Å². The molecular weight excluding hydrogens is 370 g/mol. The predicted molar refractivity (Wildman–Crippen MR) is 110 cm³/mol. The Bertz CT molecular complexity index is 894. The average Bonchev–Trinajstić information content (AvgIpc) is 3.11. The van der Waals surface area contributed by atoms with E-state index in [1.54, 1.807) is 19.5 Å². The molecule has 2 N–H and O–H groups in total. The zero-order valence-electron chi connectivity index (χ0n) is 17.3. The molecule has 0 saturated carbocycles. The van der Waals surface area contributed by atoms with Crippen LogP contribution in [-0.4, -0.2) is 64.0 Å². The summed E-state index contributed by atoms with van der Waals surface area (Å²) in [7, 11) is 1.60. The molecule has 0 bridgehead atoms. The highest BCUT2D eigenvalue weighted by Gasteiger charge is 2.28. The van der Waals surface area contributed by atoms with Gasteiger partial charge in [0.15, 0.2) is 5.65 Å². The lowest BCUT2D eigenvalue weighted by Crippen LogP contribution is -2.44. The topological polar surface area (TPSA) is 100 Å². The number of nitrogens with one attached hydrogen (secondary N) is 2. The van der Waals surface area contributed by atoms with Gasteiger partial charge < -0.3 is 19.9 Å².